The zero-order valence-electron chi connectivity index (χ0n) is 7.95. The van der Waals surface area contributed by atoms with E-state index in [1.807, 2.05) is 6.20 Å². The molecule has 0 bridgehead atoms. The maximum Gasteiger partial charge on any atom is 0.110 e. The van der Waals surface area contributed by atoms with Crippen molar-refractivity contribution in [3.05, 3.63) is 18.2 Å². The van der Waals surface area contributed by atoms with Crippen LogP contribution in [0.3, 0.4) is 0 Å². The zero-order chi connectivity index (χ0) is 9.10. The number of nitrogens with two attached hydrogens (primary N) is 1. The molecule has 1 saturated carbocycles. The first kappa shape index (κ1) is 8.75. The zero-order valence-corrected chi connectivity index (χ0v) is 7.95. The lowest BCUT2D eigenvalue weighted by atomic mass is 10.2. The van der Waals surface area contributed by atoms with Crippen molar-refractivity contribution in [1.82, 2.24) is 9.55 Å². The summed E-state index contributed by atoms with van der Waals surface area (Å²) in [6.07, 6.45) is 10.3. The van der Waals surface area contributed by atoms with Gasteiger partial charge in [-0.25, -0.2) is 4.98 Å². The van der Waals surface area contributed by atoms with Crippen LogP contribution in [0.5, 0.6) is 0 Å². The van der Waals surface area contributed by atoms with E-state index in [4.69, 9.17) is 5.73 Å². The Labute approximate surface area is 79.0 Å². The van der Waals surface area contributed by atoms with Crippen molar-refractivity contribution in [2.24, 2.45) is 5.73 Å². The van der Waals surface area contributed by atoms with Gasteiger partial charge in [0.05, 0.1) is 0 Å². The molecule has 3 nitrogen and oxygen atoms in total. The van der Waals surface area contributed by atoms with Gasteiger partial charge in [-0.2, -0.15) is 0 Å². The Morgan fingerprint density at radius 3 is 2.92 bits per heavy atom. The summed E-state index contributed by atoms with van der Waals surface area (Å²) >= 11 is 0. The average Bonchev–Trinajstić information content (AvgIpc) is 2.71. The Morgan fingerprint density at radius 2 is 2.23 bits per heavy atom. The van der Waals surface area contributed by atoms with Crippen LogP contribution in [0.25, 0.3) is 0 Å². The second-order valence-electron chi connectivity index (χ2n) is 3.73. The first-order chi connectivity index (χ1) is 6.42. The van der Waals surface area contributed by atoms with Gasteiger partial charge in [-0.3, -0.25) is 0 Å². The van der Waals surface area contributed by atoms with Crippen LogP contribution in [-0.2, 0) is 6.42 Å². The van der Waals surface area contributed by atoms with Crippen molar-refractivity contribution in [2.45, 2.75) is 38.1 Å². The van der Waals surface area contributed by atoms with Gasteiger partial charge < -0.3 is 10.3 Å². The van der Waals surface area contributed by atoms with Crippen LogP contribution in [0.4, 0.5) is 0 Å². The predicted molar refractivity (Wildman–Crippen MR) is 52.5 cm³/mol. The second kappa shape index (κ2) is 3.92. The van der Waals surface area contributed by atoms with E-state index >= 15 is 0 Å². The summed E-state index contributed by atoms with van der Waals surface area (Å²) in [6, 6.07) is 0.698. The average molecular weight is 179 g/mol. The lowest BCUT2D eigenvalue weighted by Gasteiger charge is -2.14. The third kappa shape index (κ3) is 1.75. The Hall–Kier alpha value is -0.830. The van der Waals surface area contributed by atoms with Crippen LogP contribution in [0.2, 0.25) is 0 Å². The summed E-state index contributed by atoms with van der Waals surface area (Å²) in [6.45, 7) is 0.698. The van der Waals surface area contributed by atoms with Crippen molar-refractivity contribution in [3.63, 3.8) is 0 Å². The summed E-state index contributed by atoms with van der Waals surface area (Å²) in [5.41, 5.74) is 5.53. The molecule has 1 aromatic rings. The molecule has 1 aliphatic carbocycles. The molecular weight excluding hydrogens is 162 g/mol. The molecule has 1 aromatic heterocycles. The van der Waals surface area contributed by atoms with E-state index in [1.54, 1.807) is 0 Å². The fourth-order valence-corrected chi connectivity index (χ4v) is 2.18. The van der Waals surface area contributed by atoms with Crippen LogP contribution >= 0.6 is 0 Å². The highest BCUT2D eigenvalue weighted by Gasteiger charge is 2.18. The Balaban J connectivity index is 2.13. The van der Waals surface area contributed by atoms with Gasteiger partial charge in [0, 0.05) is 24.9 Å². The van der Waals surface area contributed by atoms with E-state index < -0.39 is 0 Å². The van der Waals surface area contributed by atoms with Gasteiger partial charge in [0.2, 0.25) is 0 Å². The monoisotopic (exact) mass is 179 g/mol. The van der Waals surface area contributed by atoms with Gasteiger partial charge in [-0.1, -0.05) is 12.8 Å². The highest BCUT2D eigenvalue weighted by molar-refractivity contribution is 4.97. The number of hydrogen-bond acceptors (Lipinski definition) is 2. The molecule has 2 rings (SSSR count). The minimum atomic E-state index is 0.698. The maximum absolute atomic E-state index is 5.53. The van der Waals surface area contributed by atoms with Gasteiger partial charge in [0.25, 0.3) is 0 Å². The van der Waals surface area contributed by atoms with Gasteiger partial charge in [-0.15, -0.1) is 0 Å². The highest BCUT2D eigenvalue weighted by atomic mass is 15.1. The van der Waals surface area contributed by atoms with Gasteiger partial charge in [0.1, 0.15) is 5.82 Å². The third-order valence-electron chi connectivity index (χ3n) is 2.83. The van der Waals surface area contributed by atoms with E-state index in [9.17, 15) is 0 Å². The summed E-state index contributed by atoms with van der Waals surface area (Å²) in [5, 5.41) is 0. The van der Waals surface area contributed by atoms with E-state index in [-0.39, 0.29) is 0 Å². The normalized spacial score (nSPS) is 18.2. The number of rotatable bonds is 3. The third-order valence-corrected chi connectivity index (χ3v) is 2.83. The smallest absolute Gasteiger partial charge is 0.110 e. The molecule has 0 amide bonds. The highest BCUT2D eigenvalue weighted by Crippen LogP contribution is 2.30. The molecule has 0 aliphatic heterocycles. The van der Waals surface area contributed by atoms with Crippen molar-refractivity contribution in [2.75, 3.05) is 6.54 Å². The number of hydrogen-bond donors (Lipinski definition) is 1. The summed E-state index contributed by atoms with van der Waals surface area (Å²) in [7, 11) is 0. The van der Waals surface area contributed by atoms with Gasteiger partial charge >= 0.3 is 0 Å². The van der Waals surface area contributed by atoms with Crippen molar-refractivity contribution >= 4 is 0 Å². The molecule has 1 heterocycles. The molecule has 0 radical (unpaired) electrons. The first-order valence-corrected chi connectivity index (χ1v) is 5.13. The fraction of sp³-hybridized carbons (Fsp3) is 0.700. The quantitative estimate of drug-likeness (QED) is 0.764. The standard InChI is InChI=1S/C10H17N3/c11-6-5-10-12-7-8-13(10)9-3-1-2-4-9/h7-9H,1-6,11H2. The van der Waals surface area contributed by atoms with Crippen LogP contribution in [0, 0.1) is 0 Å². The van der Waals surface area contributed by atoms with Crippen molar-refractivity contribution < 1.29 is 0 Å². The molecule has 13 heavy (non-hydrogen) atoms. The van der Waals surface area contributed by atoms with Crippen LogP contribution in [-0.4, -0.2) is 16.1 Å². The molecule has 0 spiro atoms. The molecule has 0 aromatic carbocycles. The first-order valence-electron chi connectivity index (χ1n) is 5.13. The Bertz CT molecular complexity index is 261. The summed E-state index contributed by atoms with van der Waals surface area (Å²) in [5.74, 6) is 1.16. The molecule has 1 aliphatic rings. The largest absolute Gasteiger partial charge is 0.332 e. The number of aromatic nitrogens is 2. The van der Waals surface area contributed by atoms with Crippen LogP contribution in [0.1, 0.15) is 37.5 Å². The molecule has 3 heteroatoms. The minimum Gasteiger partial charge on any atom is -0.332 e. The molecule has 0 unspecified atom stereocenters. The predicted octanol–water partition coefficient (Wildman–Crippen LogP) is 1.50. The van der Waals surface area contributed by atoms with Crippen LogP contribution < -0.4 is 5.73 Å². The SMILES string of the molecule is NCCc1nccn1C1CCCC1. The van der Waals surface area contributed by atoms with Crippen molar-refractivity contribution in [1.29, 1.82) is 0 Å². The molecule has 1 fully saturated rings. The summed E-state index contributed by atoms with van der Waals surface area (Å²) in [4.78, 5) is 4.33. The topological polar surface area (TPSA) is 43.8 Å². The van der Waals surface area contributed by atoms with E-state index in [1.165, 1.54) is 25.7 Å². The van der Waals surface area contributed by atoms with E-state index in [0.29, 0.717) is 12.6 Å². The minimum absolute atomic E-state index is 0.698. The molecule has 0 atom stereocenters. The van der Waals surface area contributed by atoms with E-state index in [2.05, 4.69) is 15.7 Å². The molecule has 2 N–H and O–H groups in total. The van der Waals surface area contributed by atoms with Gasteiger partial charge in [-0.05, 0) is 19.4 Å². The van der Waals surface area contributed by atoms with E-state index in [0.717, 1.165) is 12.2 Å². The molecule has 0 saturated heterocycles. The number of nitrogens with zero attached hydrogens (tertiary/aromatic N) is 2. The van der Waals surface area contributed by atoms with Crippen molar-refractivity contribution in [3.8, 4) is 0 Å². The van der Waals surface area contributed by atoms with Gasteiger partial charge in [0.15, 0.2) is 0 Å². The number of imidazole rings is 1. The fourth-order valence-electron chi connectivity index (χ4n) is 2.18. The second-order valence-corrected chi connectivity index (χ2v) is 3.73. The summed E-state index contributed by atoms with van der Waals surface area (Å²) < 4.78 is 2.32. The van der Waals surface area contributed by atoms with Crippen LogP contribution in [0.15, 0.2) is 12.4 Å². The molecule has 72 valence electrons. The lowest BCUT2D eigenvalue weighted by Crippen LogP contribution is -2.12. The maximum atomic E-state index is 5.53. The molecular formula is C10H17N3. The Kier molecular flexibility index (Phi) is 2.64. The Morgan fingerprint density at radius 1 is 1.46 bits per heavy atom. The lowest BCUT2D eigenvalue weighted by molar-refractivity contribution is 0.497.